The minimum Gasteiger partial charge on any atom is -0.494 e. The molecule has 4 heteroatoms. The van der Waals surface area contributed by atoms with Crippen molar-refractivity contribution in [3.63, 3.8) is 0 Å². The normalized spacial score (nSPS) is 10.7. The van der Waals surface area contributed by atoms with Crippen molar-refractivity contribution in [2.75, 3.05) is 7.11 Å². The Balaban J connectivity index is 2.85. The zero-order valence-electron chi connectivity index (χ0n) is 6.87. The molecule has 1 nitrogen and oxygen atoms in total. The molecule has 0 N–H and O–H groups in total. The van der Waals surface area contributed by atoms with Gasteiger partial charge in [-0.15, -0.1) is 24.0 Å². The number of hydrogen-bond acceptors (Lipinski definition) is 3. The van der Waals surface area contributed by atoms with E-state index in [0.717, 1.165) is 15.0 Å². The molecular formula is C9H7ClOS2. The van der Waals surface area contributed by atoms with Crippen molar-refractivity contribution in [1.29, 1.82) is 0 Å². The monoisotopic (exact) mass is 230 g/mol. The van der Waals surface area contributed by atoms with Crippen molar-refractivity contribution >= 4 is 45.7 Å². The summed E-state index contributed by atoms with van der Waals surface area (Å²) in [7, 11) is 1.60. The lowest BCUT2D eigenvalue weighted by molar-refractivity contribution is 0.406. The second kappa shape index (κ2) is 3.40. The number of methoxy groups -OCH3 is 1. The molecule has 2 aromatic rings. The van der Waals surface area contributed by atoms with Gasteiger partial charge in [-0.25, -0.2) is 0 Å². The zero-order valence-corrected chi connectivity index (χ0v) is 9.34. The largest absolute Gasteiger partial charge is 0.494 e. The van der Waals surface area contributed by atoms with Gasteiger partial charge in [-0.05, 0) is 17.5 Å². The van der Waals surface area contributed by atoms with Crippen molar-refractivity contribution in [2.45, 2.75) is 4.90 Å². The Labute approximate surface area is 90.7 Å². The number of benzene rings is 1. The molecule has 0 aliphatic heterocycles. The second-order valence-electron chi connectivity index (χ2n) is 2.58. The van der Waals surface area contributed by atoms with Gasteiger partial charge in [0.2, 0.25) is 0 Å². The highest BCUT2D eigenvalue weighted by Crippen LogP contribution is 2.39. The maximum absolute atomic E-state index is 6.12. The Morgan fingerprint density at radius 3 is 3.00 bits per heavy atom. The molecule has 0 radical (unpaired) electrons. The molecule has 0 unspecified atom stereocenters. The van der Waals surface area contributed by atoms with Crippen molar-refractivity contribution < 1.29 is 4.74 Å². The van der Waals surface area contributed by atoms with Crippen LogP contribution in [0.15, 0.2) is 22.4 Å². The summed E-state index contributed by atoms with van der Waals surface area (Å²) < 4.78 is 6.28. The van der Waals surface area contributed by atoms with E-state index in [9.17, 15) is 0 Å². The van der Waals surface area contributed by atoms with Gasteiger partial charge in [0, 0.05) is 15.0 Å². The Hall–Kier alpha value is -0.380. The lowest BCUT2D eigenvalue weighted by Gasteiger charge is -2.06. The Kier molecular flexibility index (Phi) is 2.41. The van der Waals surface area contributed by atoms with Gasteiger partial charge < -0.3 is 4.74 Å². The molecular weight excluding hydrogens is 224 g/mol. The fourth-order valence-corrected chi connectivity index (χ4v) is 2.95. The van der Waals surface area contributed by atoms with Crippen LogP contribution in [0.25, 0.3) is 10.1 Å². The Morgan fingerprint density at radius 1 is 1.54 bits per heavy atom. The predicted molar refractivity (Wildman–Crippen MR) is 60.6 cm³/mol. The summed E-state index contributed by atoms with van der Waals surface area (Å²) in [5.41, 5.74) is 0. The standard InChI is InChI=1S/C9H7ClOS2/c1-11-9-6(12)4-7-5(8(9)10)2-3-13-7/h2-4,12H,1H3. The van der Waals surface area contributed by atoms with E-state index in [0.29, 0.717) is 10.8 Å². The van der Waals surface area contributed by atoms with Gasteiger partial charge in [0.05, 0.1) is 12.1 Å². The first-order chi connectivity index (χ1) is 6.24. The van der Waals surface area contributed by atoms with Crippen LogP contribution in [0.5, 0.6) is 5.75 Å². The number of thiophene rings is 1. The van der Waals surface area contributed by atoms with E-state index in [2.05, 4.69) is 12.6 Å². The van der Waals surface area contributed by atoms with Crippen molar-refractivity contribution in [3.05, 3.63) is 22.5 Å². The van der Waals surface area contributed by atoms with Crippen LogP contribution in [0, 0.1) is 0 Å². The maximum Gasteiger partial charge on any atom is 0.151 e. The molecule has 0 amide bonds. The molecule has 0 bridgehead atoms. The third-order valence-electron chi connectivity index (χ3n) is 1.84. The zero-order chi connectivity index (χ0) is 9.42. The minimum atomic E-state index is 0.645. The fraction of sp³-hybridized carbons (Fsp3) is 0.111. The van der Waals surface area contributed by atoms with Crippen LogP contribution in [-0.2, 0) is 0 Å². The van der Waals surface area contributed by atoms with Gasteiger partial charge in [0.25, 0.3) is 0 Å². The maximum atomic E-state index is 6.12. The van der Waals surface area contributed by atoms with Crippen molar-refractivity contribution in [1.82, 2.24) is 0 Å². The lowest BCUT2D eigenvalue weighted by Crippen LogP contribution is -1.85. The fourth-order valence-electron chi connectivity index (χ4n) is 1.23. The van der Waals surface area contributed by atoms with Gasteiger partial charge in [-0.2, -0.15) is 0 Å². The summed E-state index contributed by atoms with van der Waals surface area (Å²) in [6.45, 7) is 0. The molecule has 0 saturated carbocycles. The first kappa shape index (κ1) is 9.19. The van der Waals surface area contributed by atoms with E-state index in [1.807, 2.05) is 17.5 Å². The van der Waals surface area contributed by atoms with Crippen LogP contribution in [0.2, 0.25) is 5.02 Å². The highest BCUT2D eigenvalue weighted by atomic mass is 35.5. The number of ether oxygens (including phenoxy) is 1. The third-order valence-corrected chi connectivity index (χ3v) is 3.41. The van der Waals surface area contributed by atoms with Gasteiger partial charge in [0.1, 0.15) is 0 Å². The highest BCUT2D eigenvalue weighted by molar-refractivity contribution is 7.80. The average Bonchev–Trinajstić information content (AvgIpc) is 2.53. The molecule has 0 fully saturated rings. The number of rotatable bonds is 1. The molecule has 0 spiro atoms. The van der Waals surface area contributed by atoms with Crippen molar-refractivity contribution in [2.24, 2.45) is 0 Å². The molecule has 1 aromatic carbocycles. The summed E-state index contributed by atoms with van der Waals surface area (Å²) in [4.78, 5) is 0.780. The lowest BCUT2D eigenvalue weighted by atomic mass is 10.2. The van der Waals surface area contributed by atoms with Crippen LogP contribution in [0.1, 0.15) is 0 Å². The van der Waals surface area contributed by atoms with Gasteiger partial charge >= 0.3 is 0 Å². The smallest absolute Gasteiger partial charge is 0.151 e. The third kappa shape index (κ3) is 1.41. The minimum absolute atomic E-state index is 0.645. The van der Waals surface area contributed by atoms with Gasteiger partial charge in [-0.3, -0.25) is 0 Å². The Morgan fingerprint density at radius 2 is 2.31 bits per heavy atom. The van der Waals surface area contributed by atoms with Gasteiger partial charge in [-0.1, -0.05) is 11.6 Å². The Bertz CT molecular complexity index is 450. The number of hydrogen-bond donors (Lipinski definition) is 1. The quantitative estimate of drug-likeness (QED) is 0.733. The van der Waals surface area contributed by atoms with E-state index < -0.39 is 0 Å². The summed E-state index contributed by atoms with van der Waals surface area (Å²) in [6, 6.07) is 3.95. The average molecular weight is 231 g/mol. The molecule has 0 aliphatic carbocycles. The first-order valence-corrected chi connectivity index (χ1v) is 5.37. The molecule has 13 heavy (non-hydrogen) atoms. The van der Waals surface area contributed by atoms with Crippen LogP contribution < -0.4 is 4.74 Å². The van der Waals surface area contributed by atoms with E-state index in [4.69, 9.17) is 16.3 Å². The molecule has 0 saturated heterocycles. The van der Waals surface area contributed by atoms with Crippen LogP contribution >= 0.6 is 35.6 Å². The number of thiol groups is 1. The molecule has 68 valence electrons. The SMILES string of the molecule is COc1c(S)cc2sccc2c1Cl. The van der Waals surface area contributed by atoms with Crippen LogP contribution in [-0.4, -0.2) is 7.11 Å². The molecule has 1 aromatic heterocycles. The highest BCUT2D eigenvalue weighted by Gasteiger charge is 2.10. The van der Waals surface area contributed by atoms with Crippen LogP contribution in [0.4, 0.5) is 0 Å². The molecule has 2 rings (SSSR count). The molecule has 0 aliphatic rings. The number of fused-ring (bicyclic) bond motifs is 1. The molecule has 0 atom stereocenters. The summed E-state index contributed by atoms with van der Waals surface area (Å²) >= 11 is 12.1. The molecule has 1 heterocycles. The van der Waals surface area contributed by atoms with Crippen molar-refractivity contribution in [3.8, 4) is 5.75 Å². The van der Waals surface area contributed by atoms with E-state index in [-0.39, 0.29) is 0 Å². The van der Waals surface area contributed by atoms with Gasteiger partial charge in [0.15, 0.2) is 5.75 Å². The topological polar surface area (TPSA) is 9.23 Å². The second-order valence-corrected chi connectivity index (χ2v) is 4.38. The first-order valence-electron chi connectivity index (χ1n) is 3.66. The number of halogens is 1. The van der Waals surface area contributed by atoms with E-state index >= 15 is 0 Å². The summed E-state index contributed by atoms with van der Waals surface area (Å²) in [5.74, 6) is 0.649. The summed E-state index contributed by atoms with van der Waals surface area (Å²) in [6.07, 6.45) is 0. The van der Waals surface area contributed by atoms with E-state index in [1.54, 1.807) is 18.4 Å². The summed E-state index contributed by atoms with van der Waals surface area (Å²) in [5, 5.41) is 3.68. The van der Waals surface area contributed by atoms with E-state index in [1.165, 1.54) is 0 Å². The van der Waals surface area contributed by atoms with Crippen LogP contribution in [0.3, 0.4) is 0 Å². The predicted octanol–water partition coefficient (Wildman–Crippen LogP) is 3.85.